The van der Waals surface area contributed by atoms with Crippen LogP contribution in [-0.2, 0) is 11.3 Å². The summed E-state index contributed by atoms with van der Waals surface area (Å²) in [6.07, 6.45) is 8.66. The van der Waals surface area contributed by atoms with Crippen molar-refractivity contribution in [3.8, 4) is 0 Å². The van der Waals surface area contributed by atoms with E-state index in [1.807, 2.05) is 17.0 Å². The van der Waals surface area contributed by atoms with Gasteiger partial charge < -0.3 is 15.2 Å². The number of aryl methyl sites for hydroxylation is 1. The molecule has 0 aliphatic heterocycles. The van der Waals surface area contributed by atoms with Crippen LogP contribution >= 0.6 is 23.4 Å². The Balaban J connectivity index is 1.87. The maximum absolute atomic E-state index is 12.5. The van der Waals surface area contributed by atoms with Crippen LogP contribution in [0.5, 0.6) is 0 Å². The zero-order chi connectivity index (χ0) is 18.8. The topological polar surface area (TPSA) is 76.0 Å². The monoisotopic (exact) mass is 394 g/mol. The van der Waals surface area contributed by atoms with Crippen molar-refractivity contribution in [3.63, 3.8) is 0 Å². The summed E-state index contributed by atoms with van der Waals surface area (Å²) in [5.74, 6) is 0.260. The molecule has 0 aliphatic carbocycles. The Morgan fingerprint density at radius 2 is 2.15 bits per heavy atom. The molecule has 26 heavy (non-hydrogen) atoms. The fourth-order valence-electron chi connectivity index (χ4n) is 2.40. The molecule has 0 radical (unpaired) electrons. The number of carbonyl (C=O) groups excluding carboxylic acids is 2. The van der Waals surface area contributed by atoms with E-state index in [4.69, 9.17) is 11.6 Å². The second kappa shape index (κ2) is 10.9. The fourth-order valence-corrected chi connectivity index (χ4v) is 3.09. The molecule has 0 spiro atoms. The summed E-state index contributed by atoms with van der Waals surface area (Å²) in [5, 5.41) is 6.06. The molecule has 6 nitrogen and oxygen atoms in total. The number of rotatable bonds is 10. The van der Waals surface area contributed by atoms with Crippen LogP contribution in [-0.4, -0.2) is 46.0 Å². The first-order valence-corrected chi connectivity index (χ1v) is 10.2. The Labute approximate surface area is 162 Å². The first-order valence-electron chi connectivity index (χ1n) is 8.39. The van der Waals surface area contributed by atoms with Crippen LogP contribution in [0.25, 0.3) is 0 Å². The van der Waals surface area contributed by atoms with Gasteiger partial charge in [-0.1, -0.05) is 23.7 Å². The van der Waals surface area contributed by atoms with Gasteiger partial charge >= 0.3 is 0 Å². The van der Waals surface area contributed by atoms with Crippen molar-refractivity contribution in [2.24, 2.45) is 0 Å². The van der Waals surface area contributed by atoms with E-state index in [0.717, 1.165) is 18.7 Å². The quantitative estimate of drug-likeness (QED) is 0.607. The minimum atomic E-state index is -0.584. The highest BCUT2D eigenvalue weighted by molar-refractivity contribution is 7.98. The number of hydrogen-bond acceptors (Lipinski definition) is 4. The molecule has 0 saturated heterocycles. The average Bonchev–Trinajstić information content (AvgIpc) is 3.15. The first-order chi connectivity index (χ1) is 12.6. The van der Waals surface area contributed by atoms with Gasteiger partial charge in [-0.15, -0.1) is 0 Å². The highest BCUT2D eigenvalue weighted by atomic mass is 35.5. The van der Waals surface area contributed by atoms with Gasteiger partial charge in [-0.2, -0.15) is 11.8 Å². The predicted octanol–water partition coefficient (Wildman–Crippen LogP) is 2.59. The van der Waals surface area contributed by atoms with Gasteiger partial charge in [0, 0.05) is 25.5 Å². The van der Waals surface area contributed by atoms with Crippen molar-refractivity contribution in [2.45, 2.75) is 25.4 Å². The molecule has 2 amide bonds. The summed E-state index contributed by atoms with van der Waals surface area (Å²) >= 11 is 7.70. The van der Waals surface area contributed by atoms with Crippen LogP contribution in [0.3, 0.4) is 0 Å². The van der Waals surface area contributed by atoms with Gasteiger partial charge in [-0.3, -0.25) is 9.59 Å². The van der Waals surface area contributed by atoms with E-state index in [1.54, 1.807) is 48.6 Å². The number of benzene rings is 1. The van der Waals surface area contributed by atoms with Gasteiger partial charge in [0.2, 0.25) is 5.91 Å². The van der Waals surface area contributed by atoms with E-state index < -0.39 is 6.04 Å². The molecule has 1 unspecified atom stereocenters. The van der Waals surface area contributed by atoms with Gasteiger partial charge in [-0.25, -0.2) is 4.98 Å². The molecule has 1 heterocycles. The molecule has 0 bridgehead atoms. The van der Waals surface area contributed by atoms with E-state index in [0.29, 0.717) is 23.6 Å². The van der Waals surface area contributed by atoms with Gasteiger partial charge in [0.15, 0.2) is 0 Å². The zero-order valence-corrected chi connectivity index (χ0v) is 16.2. The van der Waals surface area contributed by atoms with Crippen molar-refractivity contribution >= 4 is 35.2 Å². The second-order valence-corrected chi connectivity index (χ2v) is 7.13. The summed E-state index contributed by atoms with van der Waals surface area (Å²) in [6.45, 7) is 1.32. The minimum absolute atomic E-state index is 0.176. The van der Waals surface area contributed by atoms with E-state index in [9.17, 15) is 9.59 Å². The maximum atomic E-state index is 12.5. The highest BCUT2D eigenvalue weighted by Gasteiger charge is 2.21. The van der Waals surface area contributed by atoms with Crippen LogP contribution in [0.15, 0.2) is 43.0 Å². The third-order valence-electron chi connectivity index (χ3n) is 3.80. The van der Waals surface area contributed by atoms with Crippen molar-refractivity contribution in [3.05, 3.63) is 53.6 Å². The molecule has 2 aromatic rings. The SMILES string of the molecule is CSCCC(NC(=O)c1ccccc1Cl)C(=O)NCCCn1ccnc1. The lowest BCUT2D eigenvalue weighted by Crippen LogP contribution is -2.47. The summed E-state index contributed by atoms with van der Waals surface area (Å²) in [5.41, 5.74) is 0.372. The molecule has 0 saturated carbocycles. The lowest BCUT2D eigenvalue weighted by Gasteiger charge is -2.18. The second-order valence-electron chi connectivity index (χ2n) is 5.73. The first kappa shape index (κ1) is 20.3. The summed E-state index contributed by atoms with van der Waals surface area (Å²) < 4.78 is 1.95. The number of halogens is 1. The van der Waals surface area contributed by atoms with E-state index in [-0.39, 0.29) is 11.8 Å². The molecular formula is C18H23ClN4O2S. The molecule has 140 valence electrons. The standard InChI is InChI=1S/C18H23ClN4O2S/c1-26-12-7-16(22-17(24)14-5-2-3-6-15(14)19)18(25)21-8-4-10-23-11-9-20-13-23/h2-3,5-6,9,11,13,16H,4,7-8,10,12H2,1H3,(H,21,25)(H,22,24). The smallest absolute Gasteiger partial charge is 0.253 e. The molecule has 1 atom stereocenters. The van der Waals surface area contributed by atoms with Crippen LogP contribution in [0.1, 0.15) is 23.2 Å². The van der Waals surface area contributed by atoms with E-state index in [2.05, 4.69) is 15.6 Å². The average molecular weight is 395 g/mol. The Kier molecular flexibility index (Phi) is 8.50. The van der Waals surface area contributed by atoms with Gasteiger partial charge in [-0.05, 0) is 37.0 Å². The third kappa shape index (κ3) is 6.38. The third-order valence-corrected chi connectivity index (χ3v) is 4.78. The molecule has 1 aromatic heterocycles. The number of thioether (sulfide) groups is 1. The predicted molar refractivity (Wildman–Crippen MR) is 106 cm³/mol. The Morgan fingerprint density at radius 3 is 2.85 bits per heavy atom. The number of amides is 2. The number of aromatic nitrogens is 2. The van der Waals surface area contributed by atoms with Gasteiger partial charge in [0.1, 0.15) is 6.04 Å². The van der Waals surface area contributed by atoms with Gasteiger partial charge in [0.25, 0.3) is 5.91 Å². The zero-order valence-electron chi connectivity index (χ0n) is 14.7. The number of imidazole rings is 1. The number of nitrogens with one attached hydrogen (secondary N) is 2. The highest BCUT2D eigenvalue weighted by Crippen LogP contribution is 2.15. The van der Waals surface area contributed by atoms with E-state index in [1.165, 1.54) is 0 Å². The molecular weight excluding hydrogens is 372 g/mol. The molecule has 1 aromatic carbocycles. The van der Waals surface area contributed by atoms with Crippen LogP contribution in [0.4, 0.5) is 0 Å². The molecule has 2 N–H and O–H groups in total. The van der Waals surface area contributed by atoms with E-state index >= 15 is 0 Å². The number of carbonyl (C=O) groups is 2. The van der Waals surface area contributed by atoms with Crippen LogP contribution in [0, 0.1) is 0 Å². The number of hydrogen-bond donors (Lipinski definition) is 2. The summed E-state index contributed by atoms with van der Waals surface area (Å²) in [4.78, 5) is 28.9. The Bertz CT molecular complexity index is 709. The maximum Gasteiger partial charge on any atom is 0.253 e. The molecule has 0 aliphatic rings. The fraction of sp³-hybridized carbons (Fsp3) is 0.389. The molecule has 2 rings (SSSR count). The van der Waals surface area contributed by atoms with Crippen LogP contribution in [0.2, 0.25) is 5.02 Å². The normalized spacial score (nSPS) is 11.8. The van der Waals surface area contributed by atoms with Crippen molar-refractivity contribution < 1.29 is 9.59 Å². The molecule has 8 heteroatoms. The van der Waals surface area contributed by atoms with Crippen molar-refractivity contribution in [1.82, 2.24) is 20.2 Å². The Hall–Kier alpha value is -1.99. The lowest BCUT2D eigenvalue weighted by atomic mass is 10.1. The summed E-state index contributed by atoms with van der Waals surface area (Å²) in [7, 11) is 0. The lowest BCUT2D eigenvalue weighted by molar-refractivity contribution is -0.123. The van der Waals surface area contributed by atoms with Gasteiger partial charge in [0.05, 0.1) is 16.9 Å². The summed E-state index contributed by atoms with van der Waals surface area (Å²) in [6, 6.07) is 6.22. The Morgan fingerprint density at radius 1 is 1.35 bits per heavy atom. The van der Waals surface area contributed by atoms with Crippen LogP contribution < -0.4 is 10.6 Å². The molecule has 0 fully saturated rings. The largest absolute Gasteiger partial charge is 0.354 e. The number of nitrogens with zero attached hydrogens (tertiary/aromatic N) is 2. The van der Waals surface area contributed by atoms with Crippen molar-refractivity contribution in [2.75, 3.05) is 18.6 Å². The minimum Gasteiger partial charge on any atom is -0.354 e. The van der Waals surface area contributed by atoms with Crippen molar-refractivity contribution in [1.29, 1.82) is 0 Å².